The molecule has 1 fully saturated rings. The summed E-state index contributed by atoms with van der Waals surface area (Å²) in [6.07, 6.45) is 3.35. The van der Waals surface area contributed by atoms with Crippen LogP contribution in [-0.4, -0.2) is 59.7 Å². The number of hydrogen-bond acceptors (Lipinski definition) is 4. The van der Waals surface area contributed by atoms with Crippen LogP contribution in [0.2, 0.25) is 0 Å². The summed E-state index contributed by atoms with van der Waals surface area (Å²) in [7, 11) is 0. The van der Waals surface area contributed by atoms with Crippen LogP contribution < -0.4 is 0 Å². The first-order valence-corrected chi connectivity index (χ1v) is 6.74. The third-order valence-corrected chi connectivity index (χ3v) is 3.35. The normalized spacial score (nSPS) is 22.6. The van der Waals surface area contributed by atoms with Crippen LogP contribution in [0.25, 0.3) is 0 Å². The molecule has 1 atom stereocenters. The summed E-state index contributed by atoms with van der Waals surface area (Å²) in [5.74, 6) is 0. The van der Waals surface area contributed by atoms with Crippen molar-refractivity contribution < 1.29 is 14.9 Å². The molecule has 0 aromatic carbocycles. The standard InChI is InChI=1S/C13H27NO3/c1-3-4-9-17-11-12(15)10-14-7-5-13(2,16)6-8-14/h12,15-16H,3-11H2,1-2H3. The Balaban J connectivity index is 2.08. The van der Waals surface area contributed by atoms with E-state index >= 15 is 0 Å². The first-order valence-electron chi connectivity index (χ1n) is 6.74. The monoisotopic (exact) mass is 245 g/mol. The molecule has 2 N–H and O–H groups in total. The first-order chi connectivity index (χ1) is 8.03. The van der Waals surface area contributed by atoms with Crippen molar-refractivity contribution in [2.24, 2.45) is 0 Å². The van der Waals surface area contributed by atoms with Crippen molar-refractivity contribution in [1.29, 1.82) is 0 Å². The molecule has 1 rings (SSSR count). The molecule has 1 unspecified atom stereocenters. The van der Waals surface area contributed by atoms with Gasteiger partial charge in [-0.15, -0.1) is 0 Å². The van der Waals surface area contributed by atoms with Gasteiger partial charge in [0.2, 0.25) is 0 Å². The smallest absolute Gasteiger partial charge is 0.0900 e. The molecule has 1 saturated heterocycles. The second kappa shape index (κ2) is 7.31. The van der Waals surface area contributed by atoms with E-state index in [-0.39, 0.29) is 0 Å². The summed E-state index contributed by atoms with van der Waals surface area (Å²) in [6, 6.07) is 0. The summed E-state index contributed by atoms with van der Waals surface area (Å²) in [6.45, 7) is 7.55. The minimum atomic E-state index is -0.515. The number of rotatable bonds is 7. The molecule has 1 aliphatic heterocycles. The highest BCUT2D eigenvalue weighted by molar-refractivity contribution is 4.82. The predicted molar refractivity (Wildman–Crippen MR) is 68.0 cm³/mol. The second-order valence-electron chi connectivity index (χ2n) is 5.38. The Labute approximate surface area is 105 Å². The van der Waals surface area contributed by atoms with Crippen LogP contribution in [0.15, 0.2) is 0 Å². The van der Waals surface area contributed by atoms with Crippen molar-refractivity contribution in [2.75, 3.05) is 32.8 Å². The van der Waals surface area contributed by atoms with E-state index in [9.17, 15) is 10.2 Å². The lowest BCUT2D eigenvalue weighted by molar-refractivity contribution is -0.0290. The van der Waals surface area contributed by atoms with Crippen molar-refractivity contribution in [3.63, 3.8) is 0 Å². The number of hydrogen-bond donors (Lipinski definition) is 2. The molecule has 0 spiro atoms. The fourth-order valence-electron chi connectivity index (χ4n) is 2.03. The van der Waals surface area contributed by atoms with Crippen molar-refractivity contribution in [1.82, 2.24) is 4.90 Å². The fraction of sp³-hybridized carbons (Fsp3) is 1.00. The van der Waals surface area contributed by atoms with Gasteiger partial charge in [-0.3, -0.25) is 0 Å². The molecule has 0 saturated carbocycles. The van der Waals surface area contributed by atoms with Gasteiger partial charge in [0.05, 0.1) is 18.3 Å². The van der Waals surface area contributed by atoms with Crippen LogP contribution in [0.3, 0.4) is 0 Å². The van der Waals surface area contributed by atoms with E-state index in [0.717, 1.165) is 45.4 Å². The highest BCUT2D eigenvalue weighted by atomic mass is 16.5. The molecular weight excluding hydrogens is 218 g/mol. The Morgan fingerprint density at radius 1 is 1.35 bits per heavy atom. The van der Waals surface area contributed by atoms with E-state index in [2.05, 4.69) is 11.8 Å². The Morgan fingerprint density at radius 3 is 2.59 bits per heavy atom. The number of aliphatic hydroxyl groups is 2. The number of β-amino-alcohol motifs (C(OH)–C–C–N with tert-alkyl or cyclic N) is 1. The zero-order valence-corrected chi connectivity index (χ0v) is 11.2. The van der Waals surface area contributed by atoms with Crippen LogP contribution in [0.5, 0.6) is 0 Å². The van der Waals surface area contributed by atoms with Gasteiger partial charge in [0.1, 0.15) is 0 Å². The van der Waals surface area contributed by atoms with Gasteiger partial charge in [-0.1, -0.05) is 13.3 Å². The van der Waals surface area contributed by atoms with Gasteiger partial charge in [0.25, 0.3) is 0 Å². The number of piperidine rings is 1. The van der Waals surface area contributed by atoms with Crippen LogP contribution in [0.1, 0.15) is 39.5 Å². The van der Waals surface area contributed by atoms with Gasteiger partial charge in [-0.2, -0.15) is 0 Å². The summed E-state index contributed by atoms with van der Waals surface area (Å²) >= 11 is 0. The van der Waals surface area contributed by atoms with Crippen molar-refractivity contribution in [3.8, 4) is 0 Å². The van der Waals surface area contributed by atoms with Crippen LogP contribution in [0, 0.1) is 0 Å². The highest BCUT2D eigenvalue weighted by Gasteiger charge is 2.27. The average Bonchev–Trinajstić information content (AvgIpc) is 2.28. The maximum atomic E-state index is 9.81. The molecule has 1 aliphatic rings. The molecule has 0 bridgehead atoms. The van der Waals surface area contributed by atoms with E-state index < -0.39 is 11.7 Å². The van der Waals surface area contributed by atoms with Crippen LogP contribution in [0.4, 0.5) is 0 Å². The SMILES string of the molecule is CCCCOCC(O)CN1CCC(C)(O)CC1. The Hall–Kier alpha value is -0.160. The van der Waals surface area contributed by atoms with Gasteiger partial charge < -0.3 is 19.8 Å². The largest absolute Gasteiger partial charge is 0.390 e. The molecule has 0 aliphatic carbocycles. The van der Waals surface area contributed by atoms with Crippen molar-refractivity contribution >= 4 is 0 Å². The minimum absolute atomic E-state index is 0.407. The molecule has 0 amide bonds. The topological polar surface area (TPSA) is 52.9 Å². The molecule has 4 nitrogen and oxygen atoms in total. The summed E-state index contributed by atoms with van der Waals surface area (Å²) in [5, 5.41) is 19.6. The molecule has 0 radical (unpaired) electrons. The molecular formula is C13H27NO3. The van der Waals surface area contributed by atoms with Crippen molar-refractivity contribution in [2.45, 2.75) is 51.2 Å². The number of likely N-dealkylation sites (tertiary alicyclic amines) is 1. The second-order valence-corrected chi connectivity index (χ2v) is 5.38. The maximum absolute atomic E-state index is 9.81. The van der Waals surface area contributed by atoms with Gasteiger partial charge in [0.15, 0.2) is 0 Å². The molecule has 0 aromatic rings. The first kappa shape index (κ1) is 14.9. The van der Waals surface area contributed by atoms with E-state index in [0.29, 0.717) is 13.2 Å². The zero-order chi connectivity index (χ0) is 12.7. The summed E-state index contributed by atoms with van der Waals surface area (Å²) < 4.78 is 5.39. The van der Waals surface area contributed by atoms with Crippen LogP contribution >= 0.6 is 0 Å². The minimum Gasteiger partial charge on any atom is -0.390 e. The van der Waals surface area contributed by atoms with Gasteiger partial charge in [-0.05, 0) is 26.2 Å². The molecule has 4 heteroatoms. The quantitative estimate of drug-likeness (QED) is 0.657. The van der Waals surface area contributed by atoms with Gasteiger partial charge in [0, 0.05) is 26.2 Å². The van der Waals surface area contributed by atoms with E-state index in [1.54, 1.807) is 0 Å². The lowest BCUT2D eigenvalue weighted by Crippen LogP contribution is -2.45. The summed E-state index contributed by atoms with van der Waals surface area (Å²) in [5.41, 5.74) is -0.515. The zero-order valence-electron chi connectivity index (χ0n) is 11.2. The third-order valence-electron chi connectivity index (χ3n) is 3.35. The van der Waals surface area contributed by atoms with Crippen LogP contribution in [-0.2, 0) is 4.74 Å². The van der Waals surface area contributed by atoms with Gasteiger partial charge in [-0.25, -0.2) is 0 Å². The third kappa shape index (κ3) is 6.36. The lowest BCUT2D eigenvalue weighted by Gasteiger charge is -2.36. The fourth-order valence-corrected chi connectivity index (χ4v) is 2.03. The molecule has 0 aromatic heterocycles. The molecule has 102 valence electrons. The molecule has 17 heavy (non-hydrogen) atoms. The summed E-state index contributed by atoms with van der Waals surface area (Å²) in [4.78, 5) is 2.20. The lowest BCUT2D eigenvalue weighted by atomic mass is 9.94. The van der Waals surface area contributed by atoms with E-state index in [1.165, 1.54) is 0 Å². The Bertz CT molecular complexity index is 199. The number of aliphatic hydroxyl groups excluding tert-OH is 1. The Kier molecular flexibility index (Phi) is 6.41. The predicted octanol–water partition coefficient (Wildman–Crippen LogP) is 1.01. The number of ether oxygens (including phenoxy) is 1. The average molecular weight is 245 g/mol. The van der Waals surface area contributed by atoms with Gasteiger partial charge >= 0.3 is 0 Å². The highest BCUT2D eigenvalue weighted by Crippen LogP contribution is 2.20. The van der Waals surface area contributed by atoms with E-state index in [1.807, 2.05) is 6.92 Å². The number of nitrogens with zero attached hydrogens (tertiary/aromatic N) is 1. The maximum Gasteiger partial charge on any atom is 0.0900 e. The Morgan fingerprint density at radius 2 is 2.00 bits per heavy atom. The van der Waals surface area contributed by atoms with Crippen molar-refractivity contribution in [3.05, 3.63) is 0 Å². The number of unbranched alkanes of at least 4 members (excludes halogenated alkanes) is 1. The van der Waals surface area contributed by atoms with E-state index in [4.69, 9.17) is 4.74 Å². The molecule has 1 heterocycles.